The number of carbonyl (C=O) groups excluding carboxylic acids is 1. The van der Waals surface area contributed by atoms with Gasteiger partial charge in [-0.05, 0) is 19.1 Å². The van der Waals surface area contributed by atoms with Gasteiger partial charge in [-0.2, -0.15) is 0 Å². The Labute approximate surface area is 104 Å². The van der Waals surface area contributed by atoms with Crippen LogP contribution in [0.25, 0.3) is 0 Å². The lowest BCUT2D eigenvalue weighted by atomic mass is 10.2. The van der Waals surface area contributed by atoms with Crippen molar-refractivity contribution in [1.82, 2.24) is 10.1 Å². The first-order valence-electron chi connectivity index (χ1n) is 5.40. The van der Waals surface area contributed by atoms with Crippen LogP contribution in [0.15, 0.2) is 28.9 Å². The molecule has 1 N–H and O–H groups in total. The molecule has 6 heteroatoms. The fourth-order valence-electron chi connectivity index (χ4n) is 1.50. The maximum absolute atomic E-state index is 11.4. The lowest BCUT2D eigenvalue weighted by Gasteiger charge is -2.07. The normalized spacial score (nSPS) is 10.1. The highest BCUT2D eigenvalue weighted by Gasteiger charge is 2.10. The third kappa shape index (κ3) is 2.65. The van der Waals surface area contributed by atoms with E-state index in [1.807, 2.05) is 0 Å². The molecule has 0 aliphatic heterocycles. The molecule has 0 fully saturated rings. The Morgan fingerprint density at radius 3 is 2.89 bits per heavy atom. The topological polar surface area (TPSA) is 77.2 Å². The van der Waals surface area contributed by atoms with Crippen molar-refractivity contribution < 1.29 is 14.1 Å². The number of aromatic nitrogens is 2. The zero-order valence-corrected chi connectivity index (χ0v) is 10.1. The van der Waals surface area contributed by atoms with E-state index in [0.29, 0.717) is 29.4 Å². The molecule has 0 spiro atoms. The molecule has 0 aliphatic rings. The van der Waals surface area contributed by atoms with Crippen LogP contribution < -0.4 is 5.32 Å². The van der Waals surface area contributed by atoms with Crippen LogP contribution >= 0.6 is 0 Å². The average Bonchev–Trinajstić information content (AvgIpc) is 2.88. The summed E-state index contributed by atoms with van der Waals surface area (Å²) < 4.78 is 9.60. The first-order valence-corrected chi connectivity index (χ1v) is 5.40. The van der Waals surface area contributed by atoms with Crippen LogP contribution in [0.5, 0.6) is 0 Å². The summed E-state index contributed by atoms with van der Waals surface area (Å²) in [4.78, 5) is 15.7. The summed E-state index contributed by atoms with van der Waals surface area (Å²) in [5.41, 5.74) is 1.08. The molecule has 0 amide bonds. The lowest BCUT2D eigenvalue weighted by molar-refractivity contribution is 0.0599. The van der Waals surface area contributed by atoms with Crippen molar-refractivity contribution in [2.45, 2.75) is 13.5 Å². The Morgan fingerprint density at radius 1 is 1.44 bits per heavy atom. The zero-order valence-electron chi connectivity index (χ0n) is 10.1. The van der Waals surface area contributed by atoms with Crippen LogP contribution in [0.1, 0.15) is 21.8 Å². The van der Waals surface area contributed by atoms with E-state index in [1.165, 1.54) is 7.11 Å². The maximum atomic E-state index is 11.4. The Balaban J connectivity index is 2.07. The van der Waals surface area contributed by atoms with Crippen molar-refractivity contribution in [3.05, 3.63) is 41.4 Å². The van der Waals surface area contributed by atoms with Crippen molar-refractivity contribution in [3.63, 3.8) is 0 Å². The van der Waals surface area contributed by atoms with Gasteiger partial charge < -0.3 is 14.6 Å². The summed E-state index contributed by atoms with van der Waals surface area (Å²) in [6.07, 6.45) is 1.58. The number of nitrogens with one attached hydrogen (secondary N) is 1. The molecule has 2 aromatic heterocycles. The van der Waals surface area contributed by atoms with Crippen LogP contribution in [0.2, 0.25) is 0 Å². The van der Waals surface area contributed by atoms with Crippen LogP contribution in [0, 0.1) is 6.92 Å². The van der Waals surface area contributed by atoms with E-state index in [9.17, 15) is 4.79 Å². The van der Waals surface area contributed by atoms with E-state index in [-0.39, 0.29) is 5.97 Å². The molecule has 2 heterocycles. The van der Waals surface area contributed by atoms with Gasteiger partial charge >= 0.3 is 5.97 Å². The molecule has 0 bridgehead atoms. The van der Waals surface area contributed by atoms with Crippen molar-refractivity contribution in [2.24, 2.45) is 0 Å². The monoisotopic (exact) mass is 247 g/mol. The van der Waals surface area contributed by atoms with Crippen LogP contribution in [0.3, 0.4) is 0 Å². The lowest BCUT2D eigenvalue weighted by Crippen LogP contribution is -2.07. The van der Waals surface area contributed by atoms with Gasteiger partial charge in [0.15, 0.2) is 5.76 Å². The molecule has 0 saturated carbocycles. The fourth-order valence-corrected chi connectivity index (χ4v) is 1.50. The van der Waals surface area contributed by atoms with Gasteiger partial charge in [-0.1, -0.05) is 5.16 Å². The molecule has 18 heavy (non-hydrogen) atoms. The van der Waals surface area contributed by atoms with Crippen molar-refractivity contribution in [1.29, 1.82) is 0 Å². The number of anilines is 1. The minimum Gasteiger partial charge on any atom is -0.465 e. The number of esters is 1. The average molecular weight is 247 g/mol. The van der Waals surface area contributed by atoms with Crippen LogP contribution in [-0.4, -0.2) is 23.2 Å². The molecule has 6 nitrogen and oxygen atoms in total. The molecule has 94 valence electrons. The number of carbonyl (C=O) groups is 1. The van der Waals surface area contributed by atoms with Gasteiger partial charge in [-0.15, -0.1) is 0 Å². The summed E-state index contributed by atoms with van der Waals surface area (Å²) in [5, 5.41) is 6.68. The largest absolute Gasteiger partial charge is 0.465 e. The Bertz CT molecular complexity index is 538. The van der Waals surface area contributed by atoms with Gasteiger partial charge in [-0.3, -0.25) is 0 Å². The van der Waals surface area contributed by atoms with E-state index < -0.39 is 0 Å². The summed E-state index contributed by atoms with van der Waals surface area (Å²) in [5.74, 6) is 0.991. The summed E-state index contributed by atoms with van der Waals surface area (Å²) in [6, 6.07) is 5.16. The van der Waals surface area contributed by atoms with Gasteiger partial charge in [0.25, 0.3) is 0 Å². The Morgan fingerprint density at radius 2 is 2.28 bits per heavy atom. The van der Waals surface area contributed by atoms with E-state index in [0.717, 1.165) is 0 Å². The van der Waals surface area contributed by atoms with Crippen molar-refractivity contribution in [2.75, 3.05) is 12.4 Å². The van der Waals surface area contributed by atoms with Gasteiger partial charge in [0.1, 0.15) is 5.82 Å². The number of hydrogen-bond donors (Lipinski definition) is 1. The third-order valence-corrected chi connectivity index (χ3v) is 2.43. The van der Waals surface area contributed by atoms with E-state index in [4.69, 9.17) is 4.52 Å². The molecule has 0 unspecified atom stereocenters. The molecular formula is C12H13N3O3. The first-order chi connectivity index (χ1) is 8.70. The molecule has 0 radical (unpaired) electrons. The van der Waals surface area contributed by atoms with Gasteiger partial charge in [0, 0.05) is 6.07 Å². The second-order valence-electron chi connectivity index (χ2n) is 3.65. The molecule has 2 rings (SSSR count). The maximum Gasteiger partial charge on any atom is 0.339 e. The molecule has 0 aromatic carbocycles. The summed E-state index contributed by atoms with van der Waals surface area (Å²) >= 11 is 0. The second-order valence-corrected chi connectivity index (χ2v) is 3.65. The molecule has 0 aliphatic carbocycles. The first kappa shape index (κ1) is 12.1. The van der Waals surface area contributed by atoms with Crippen LogP contribution in [-0.2, 0) is 11.3 Å². The van der Waals surface area contributed by atoms with Gasteiger partial charge in [0.05, 0.1) is 31.1 Å². The third-order valence-electron chi connectivity index (χ3n) is 2.43. The fraction of sp³-hybridized carbons (Fsp3) is 0.250. The van der Waals surface area contributed by atoms with Gasteiger partial charge in [-0.25, -0.2) is 9.78 Å². The molecular weight excluding hydrogens is 234 g/mol. The number of methoxy groups -OCH3 is 1. The summed E-state index contributed by atoms with van der Waals surface area (Å²) in [7, 11) is 1.35. The van der Waals surface area contributed by atoms with Crippen LogP contribution in [0.4, 0.5) is 5.82 Å². The zero-order chi connectivity index (χ0) is 13.0. The number of aryl methyl sites for hydroxylation is 1. The number of hydrogen-bond acceptors (Lipinski definition) is 6. The number of pyridine rings is 1. The standard InChI is InChI=1S/C12H13N3O3/c1-8-10(12(16)17-2)3-4-11(15-8)13-7-9-5-6-14-18-9/h3-6H,7H2,1-2H3,(H,13,15). The number of rotatable bonds is 4. The predicted octanol–water partition coefficient (Wildman–Crippen LogP) is 1.78. The predicted molar refractivity (Wildman–Crippen MR) is 64.1 cm³/mol. The SMILES string of the molecule is COC(=O)c1ccc(NCc2ccno2)nc1C. The molecule has 0 saturated heterocycles. The van der Waals surface area contributed by atoms with Gasteiger partial charge in [0.2, 0.25) is 0 Å². The minimum atomic E-state index is -0.387. The van der Waals surface area contributed by atoms with E-state index in [2.05, 4.69) is 20.2 Å². The molecule has 2 aromatic rings. The number of nitrogens with zero attached hydrogens (tertiary/aromatic N) is 2. The highest BCUT2D eigenvalue weighted by atomic mass is 16.5. The minimum absolute atomic E-state index is 0.387. The van der Waals surface area contributed by atoms with E-state index >= 15 is 0 Å². The van der Waals surface area contributed by atoms with E-state index in [1.54, 1.807) is 31.3 Å². The summed E-state index contributed by atoms with van der Waals surface area (Å²) in [6.45, 7) is 2.25. The Kier molecular flexibility index (Phi) is 3.57. The smallest absolute Gasteiger partial charge is 0.339 e. The Hall–Kier alpha value is -2.37. The highest BCUT2D eigenvalue weighted by Crippen LogP contribution is 2.12. The highest BCUT2D eigenvalue weighted by molar-refractivity contribution is 5.90. The van der Waals surface area contributed by atoms with Crippen molar-refractivity contribution >= 4 is 11.8 Å². The molecule has 0 atom stereocenters. The number of ether oxygens (including phenoxy) is 1. The quantitative estimate of drug-likeness (QED) is 0.830. The second kappa shape index (κ2) is 5.31. The van der Waals surface area contributed by atoms with Crippen molar-refractivity contribution in [3.8, 4) is 0 Å².